The van der Waals surface area contributed by atoms with Crippen LogP contribution in [-0.4, -0.2) is 30.8 Å². The lowest BCUT2D eigenvalue weighted by Crippen LogP contribution is -2.36. The zero-order valence-electron chi connectivity index (χ0n) is 12.2. The number of carbonyl (C=O) groups is 1. The molecule has 0 radical (unpaired) electrons. The molecule has 3 N–H and O–H groups in total. The zero-order chi connectivity index (χ0) is 16.6. The molecule has 120 valence electrons. The highest BCUT2D eigenvalue weighted by Crippen LogP contribution is 2.23. The Labute approximate surface area is 132 Å². The summed E-state index contributed by atoms with van der Waals surface area (Å²) < 4.78 is 22.9. The van der Waals surface area contributed by atoms with Crippen molar-refractivity contribution in [1.82, 2.24) is 9.88 Å². The number of hydrogen-bond donors (Lipinski definition) is 2. The van der Waals surface area contributed by atoms with E-state index in [0.29, 0.717) is 25.1 Å². The highest BCUT2D eigenvalue weighted by molar-refractivity contribution is 7.89. The van der Waals surface area contributed by atoms with Gasteiger partial charge >= 0.3 is 0 Å². The number of amides is 1. The highest BCUT2D eigenvalue weighted by Gasteiger charge is 2.23. The fourth-order valence-corrected chi connectivity index (χ4v) is 3.17. The maximum Gasteiger partial charge on any atom is 0.255 e. The van der Waals surface area contributed by atoms with Gasteiger partial charge in [0.15, 0.2) is 0 Å². The summed E-state index contributed by atoms with van der Waals surface area (Å²) in [6, 6.07) is 7.49. The van der Waals surface area contributed by atoms with Crippen molar-refractivity contribution >= 4 is 15.9 Å². The molecule has 0 saturated carbocycles. The van der Waals surface area contributed by atoms with E-state index in [1.807, 2.05) is 0 Å². The van der Waals surface area contributed by atoms with Crippen LogP contribution in [0.3, 0.4) is 0 Å². The molecule has 0 spiro atoms. The van der Waals surface area contributed by atoms with Crippen LogP contribution >= 0.6 is 0 Å². The number of nitrogens with one attached hydrogen (secondary N) is 1. The molecule has 7 nitrogen and oxygen atoms in total. The predicted octanol–water partition coefficient (Wildman–Crippen LogP) is 0.221. The molecule has 0 unspecified atom stereocenters. The number of sulfonamides is 1. The molecule has 1 aliphatic heterocycles. The third kappa shape index (κ3) is 3.17. The summed E-state index contributed by atoms with van der Waals surface area (Å²) in [5.41, 5.74) is 1.88. The van der Waals surface area contributed by atoms with Gasteiger partial charge < -0.3 is 9.88 Å². The smallest absolute Gasteiger partial charge is 0.255 e. The minimum Gasteiger partial charge on any atom is -0.334 e. The number of H-pyrrole nitrogens is 1. The highest BCUT2D eigenvalue weighted by atomic mass is 32.2. The second-order valence-corrected chi connectivity index (χ2v) is 6.96. The van der Waals surface area contributed by atoms with E-state index in [4.69, 9.17) is 5.14 Å². The summed E-state index contributed by atoms with van der Waals surface area (Å²) in [6.45, 7) is 0.830. The first-order chi connectivity index (χ1) is 10.8. The van der Waals surface area contributed by atoms with Gasteiger partial charge in [-0.3, -0.25) is 9.59 Å². The van der Waals surface area contributed by atoms with Gasteiger partial charge in [0.25, 0.3) is 5.91 Å². The second-order valence-electron chi connectivity index (χ2n) is 5.39. The van der Waals surface area contributed by atoms with E-state index in [9.17, 15) is 18.0 Å². The fraction of sp³-hybridized carbons (Fsp3) is 0.200. The van der Waals surface area contributed by atoms with E-state index >= 15 is 0 Å². The van der Waals surface area contributed by atoms with Gasteiger partial charge in [0.2, 0.25) is 15.6 Å². The average molecular weight is 333 g/mol. The van der Waals surface area contributed by atoms with Crippen molar-refractivity contribution in [2.75, 3.05) is 6.54 Å². The summed E-state index contributed by atoms with van der Waals surface area (Å²) in [6.07, 6.45) is 2.01. The van der Waals surface area contributed by atoms with E-state index < -0.39 is 10.0 Å². The first-order valence-electron chi connectivity index (χ1n) is 6.97. The molecule has 0 aliphatic carbocycles. The van der Waals surface area contributed by atoms with Crippen LogP contribution in [0.4, 0.5) is 0 Å². The lowest BCUT2D eigenvalue weighted by Gasteiger charge is -2.29. The van der Waals surface area contributed by atoms with Gasteiger partial charge in [-0.1, -0.05) is 6.07 Å². The van der Waals surface area contributed by atoms with Gasteiger partial charge in [0.05, 0.1) is 10.5 Å². The normalized spacial score (nSPS) is 14.4. The number of hydrogen-bond acceptors (Lipinski definition) is 4. The minimum absolute atomic E-state index is 0.0367. The number of aromatic amines is 1. The van der Waals surface area contributed by atoms with E-state index in [1.54, 1.807) is 11.0 Å². The Morgan fingerprint density at radius 2 is 1.96 bits per heavy atom. The number of fused-ring (bicyclic) bond motifs is 1. The molecule has 1 amide bonds. The maximum absolute atomic E-state index is 12.5. The third-order valence-corrected chi connectivity index (χ3v) is 4.75. The lowest BCUT2D eigenvalue weighted by atomic mass is 9.99. The topological polar surface area (TPSA) is 113 Å². The Bertz CT molecular complexity index is 913. The van der Waals surface area contributed by atoms with E-state index in [1.165, 1.54) is 30.5 Å². The summed E-state index contributed by atoms with van der Waals surface area (Å²) in [7, 11) is -3.77. The number of primary sulfonamides is 1. The van der Waals surface area contributed by atoms with Gasteiger partial charge in [0.1, 0.15) is 0 Å². The van der Waals surface area contributed by atoms with Crippen molar-refractivity contribution in [2.24, 2.45) is 5.14 Å². The minimum atomic E-state index is -3.77. The number of benzene rings is 1. The molecule has 3 rings (SSSR count). The lowest BCUT2D eigenvalue weighted by molar-refractivity contribution is 0.0734. The van der Waals surface area contributed by atoms with Crippen LogP contribution in [0.15, 0.2) is 46.2 Å². The average Bonchev–Trinajstić information content (AvgIpc) is 2.53. The van der Waals surface area contributed by atoms with Crippen molar-refractivity contribution in [2.45, 2.75) is 17.9 Å². The second kappa shape index (κ2) is 5.64. The molecule has 23 heavy (non-hydrogen) atoms. The van der Waals surface area contributed by atoms with Crippen molar-refractivity contribution in [3.8, 4) is 0 Å². The quantitative estimate of drug-likeness (QED) is 0.818. The summed E-state index contributed by atoms with van der Waals surface area (Å²) in [4.78, 5) is 27.6. The zero-order valence-corrected chi connectivity index (χ0v) is 13.0. The third-order valence-electron chi connectivity index (χ3n) is 3.84. The molecule has 0 saturated heterocycles. The molecule has 1 aromatic heterocycles. The van der Waals surface area contributed by atoms with Crippen LogP contribution in [0, 0.1) is 0 Å². The molecule has 2 aromatic rings. The molecule has 1 aromatic carbocycles. The summed E-state index contributed by atoms with van der Waals surface area (Å²) in [5.74, 6) is -0.215. The largest absolute Gasteiger partial charge is 0.334 e. The van der Waals surface area contributed by atoms with E-state index in [2.05, 4.69) is 4.98 Å². The summed E-state index contributed by atoms with van der Waals surface area (Å²) >= 11 is 0. The summed E-state index contributed by atoms with van der Waals surface area (Å²) in [5, 5.41) is 5.15. The van der Waals surface area contributed by atoms with Crippen LogP contribution in [0.5, 0.6) is 0 Å². The van der Waals surface area contributed by atoms with Crippen LogP contribution in [-0.2, 0) is 23.0 Å². The van der Waals surface area contributed by atoms with Crippen LogP contribution < -0.4 is 10.7 Å². The first-order valence-corrected chi connectivity index (χ1v) is 8.52. The monoisotopic (exact) mass is 333 g/mol. The molecule has 1 aliphatic rings. The Morgan fingerprint density at radius 3 is 2.61 bits per heavy atom. The maximum atomic E-state index is 12.5. The molecule has 8 heteroatoms. The van der Waals surface area contributed by atoms with Crippen molar-refractivity contribution < 1.29 is 13.2 Å². The Hall–Kier alpha value is -2.45. The van der Waals surface area contributed by atoms with Crippen LogP contribution in [0.1, 0.15) is 21.5 Å². The molecule has 0 fully saturated rings. The van der Waals surface area contributed by atoms with E-state index in [-0.39, 0.29) is 16.4 Å². The molecular formula is C15H15N3O4S. The number of nitrogens with two attached hydrogens (primary N) is 1. The van der Waals surface area contributed by atoms with Crippen LogP contribution in [0.25, 0.3) is 0 Å². The Balaban J connectivity index is 1.88. The Kier molecular flexibility index (Phi) is 3.78. The molecular weight excluding hydrogens is 318 g/mol. The van der Waals surface area contributed by atoms with Gasteiger partial charge in [0, 0.05) is 25.4 Å². The number of carbonyl (C=O) groups excluding carboxylic acids is 1. The van der Waals surface area contributed by atoms with Gasteiger partial charge in [-0.15, -0.1) is 0 Å². The van der Waals surface area contributed by atoms with E-state index in [0.717, 1.165) is 11.1 Å². The first kappa shape index (κ1) is 15.4. The standard InChI is InChI=1S/C15H15N3O4S/c16-23(21,22)13-3-1-10-5-6-18(9-12(10)7-13)15(20)11-2-4-14(19)17-8-11/h1-4,7-8H,5-6,9H2,(H,17,19)(H2,16,21,22). The number of aromatic nitrogens is 1. The Morgan fingerprint density at radius 1 is 1.17 bits per heavy atom. The number of pyridine rings is 1. The van der Waals surface area contributed by atoms with Gasteiger partial charge in [-0.25, -0.2) is 13.6 Å². The molecule has 0 atom stereocenters. The number of nitrogens with zero attached hydrogens (tertiary/aromatic N) is 1. The molecule has 2 heterocycles. The van der Waals surface area contributed by atoms with Crippen molar-refractivity contribution in [3.05, 3.63) is 63.6 Å². The van der Waals surface area contributed by atoms with Gasteiger partial charge in [-0.05, 0) is 35.7 Å². The molecule has 0 bridgehead atoms. The SMILES string of the molecule is NS(=O)(=O)c1ccc2c(c1)CN(C(=O)c1ccc(=O)[nH]c1)CC2. The fourth-order valence-electron chi connectivity index (χ4n) is 2.61. The predicted molar refractivity (Wildman–Crippen MR) is 83.3 cm³/mol. The van der Waals surface area contributed by atoms with Crippen molar-refractivity contribution in [3.63, 3.8) is 0 Å². The van der Waals surface area contributed by atoms with Crippen LogP contribution in [0.2, 0.25) is 0 Å². The van der Waals surface area contributed by atoms with Gasteiger partial charge in [-0.2, -0.15) is 0 Å². The van der Waals surface area contributed by atoms with Crippen molar-refractivity contribution in [1.29, 1.82) is 0 Å². The number of rotatable bonds is 2.